The van der Waals surface area contributed by atoms with E-state index in [0.717, 1.165) is 48.5 Å². The minimum absolute atomic E-state index is 0.0233. The smallest absolute Gasteiger partial charge is 0.186 e. The predicted octanol–water partition coefficient (Wildman–Crippen LogP) is 2.60. The van der Waals surface area contributed by atoms with Gasteiger partial charge in [0, 0.05) is 31.5 Å². The highest BCUT2D eigenvalue weighted by Gasteiger charge is 2.63. The van der Waals surface area contributed by atoms with Crippen molar-refractivity contribution in [2.24, 2.45) is 58.7 Å². The third-order valence-electron chi connectivity index (χ3n) is 13.9. The molecule has 7 aliphatic rings. The summed E-state index contributed by atoms with van der Waals surface area (Å²) in [6.45, 7) is 9.41. The summed E-state index contributed by atoms with van der Waals surface area (Å²) < 4.78 is 11.8. The molecule has 232 valence electrons. The molecule has 7 rings (SSSR count). The van der Waals surface area contributed by atoms with Gasteiger partial charge in [-0.1, -0.05) is 20.8 Å². The van der Waals surface area contributed by atoms with Gasteiger partial charge in [0.05, 0.1) is 12.7 Å². The van der Waals surface area contributed by atoms with Gasteiger partial charge < -0.3 is 29.9 Å². The Morgan fingerprint density at radius 3 is 2.46 bits per heavy atom. The molecule has 0 spiro atoms. The van der Waals surface area contributed by atoms with Gasteiger partial charge >= 0.3 is 0 Å². The highest BCUT2D eigenvalue weighted by Crippen LogP contribution is 2.66. The monoisotopic (exact) mass is 575 g/mol. The van der Waals surface area contributed by atoms with Crippen LogP contribution in [-0.2, 0) is 14.3 Å². The van der Waals surface area contributed by atoms with Crippen molar-refractivity contribution >= 4 is 5.78 Å². The Morgan fingerprint density at radius 1 is 0.902 bits per heavy atom. The van der Waals surface area contributed by atoms with Crippen molar-refractivity contribution in [3.05, 3.63) is 0 Å². The third kappa shape index (κ3) is 4.60. The first-order valence-electron chi connectivity index (χ1n) is 16.8. The van der Waals surface area contributed by atoms with E-state index in [1.807, 2.05) is 0 Å². The van der Waals surface area contributed by atoms with E-state index >= 15 is 0 Å². The Kier molecular flexibility index (Phi) is 7.66. The number of fused-ring (bicyclic) bond motifs is 8. The Labute approximate surface area is 245 Å². The molecule has 4 saturated carbocycles. The van der Waals surface area contributed by atoms with Crippen LogP contribution >= 0.6 is 0 Å². The number of ketones is 1. The zero-order valence-corrected chi connectivity index (χ0v) is 25.2. The molecule has 0 radical (unpaired) electrons. The van der Waals surface area contributed by atoms with Crippen molar-refractivity contribution in [2.45, 2.75) is 121 Å². The van der Waals surface area contributed by atoms with Gasteiger partial charge in [-0.2, -0.15) is 0 Å². The van der Waals surface area contributed by atoms with Crippen LogP contribution in [0.1, 0.15) is 78.6 Å². The number of piperidine rings is 2. The van der Waals surface area contributed by atoms with Gasteiger partial charge in [-0.15, -0.1) is 0 Å². The maximum absolute atomic E-state index is 13.9. The molecule has 0 bridgehead atoms. The van der Waals surface area contributed by atoms with E-state index in [-0.39, 0.29) is 17.4 Å². The van der Waals surface area contributed by atoms with Gasteiger partial charge in [-0.05, 0) is 104 Å². The first-order chi connectivity index (χ1) is 19.6. The number of aliphatic hydroxyl groups excluding tert-OH is 4. The summed E-state index contributed by atoms with van der Waals surface area (Å²) in [5.74, 6) is 6.08. The average molecular weight is 576 g/mol. The fraction of sp³-hybridized carbons (Fsp3) is 0.970. The molecular weight excluding hydrogens is 522 g/mol. The Hall–Kier alpha value is -0.610. The number of hydrogen-bond acceptors (Lipinski definition) is 8. The van der Waals surface area contributed by atoms with E-state index < -0.39 is 37.3 Å². The van der Waals surface area contributed by atoms with Crippen LogP contribution in [0.4, 0.5) is 0 Å². The Morgan fingerprint density at radius 2 is 1.68 bits per heavy atom. The minimum atomic E-state index is -1.45. The Balaban J connectivity index is 1.06. The second-order valence-electron chi connectivity index (χ2n) is 15.8. The molecule has 4 N–H and O–H groups in total. The van der Waals surface area contributed by atoms with Crippen LogP contribution in [0.25, 0.3) is 0 Å². The summed E-state index contributed by atoms with van der Waals surface area (Å²) in [5, 5.41) is 40.4. The zero-order valence-electron chi connectivity index (χ0n) is 25.2. The summed E-state index contributed by atoms with van der Waals surface area (Å²) in [6.07, 6.45) is 3.05. The number of Topliss-reactive ketones (excluding diaryl/α,β-unsaturated/α-hetero) is 1. The van der Waals surface area contributed by atoms with E-state index in [9.17, 15) is 25.2 Å². The van der Waals surface area contributed by atoms with E-state index in [2.05, 4.69) is 25.7 Å². The average Bonchev–Trinajstić information content (AvgIpc) is 3.34. The summed E-state index contributed by atoms with van der Waals surface area (Å²) >= 11 is 0. The molecule has 4 aliphatic carbocycles. The first kappa shape index (κ1) is 29.1. The van der Waals surface area contributed by atoms with Crippen LogP contribution < -0.4 is 0 Å². The lowest BCUT2D eigenvalue weighted by Crippen LogP contribution is -2.60. The standard InChI is InChI=1S/C33H53NO7/c1-16-4-7-26-17(2)19-5-6-20-21(23(19)14-34(26)13-16)11-24-22(20)12-27(36)25-10-18(8-9-33(24,25)3)40-32-31(39)30(38)29(37)28(15-35)41-32/h16-26,28-32,35,37-39H,4-15H2,1-3H3/t16-,17+,18-,19-,20+,21+,22-,23-,24-,25+,26-,28+,29+,30-,31+,32+,33+/m0/s1. The van der Waals surface area contributed by atoms with E-state index in [1.165, 1.54) is 45.2 Å². The summed E-state index contributed by atoms with van der Waals surface area (Å²) in [4.78, 5) is 16.7. The van der Waals surface area contributed by atoms with Crippen molar-refractivity contribution in [3.63, 3.8) is 0 Å². The number of hydrogen-bond donors (Lipinski definition) is 4. The molecule has 3 heterocycles. The lowest BCUT2D eigenvalue weighted by molar-refractivity contribution is -0.315. The van der Waals surface area contributed by atoms with Crippen molar-refractivity contribution in [1.82, 2.24) is 4.90 Å². The third-order valence-corrected chi connectivity index (χ3v) is 13.9. The number of carbonyl (C=O) groups excluding carboxylic acids is 1. The fourth-order valence-corrected chi connectivity index (χ4v) is 11.8. The van der Waals surface area contributed by atoms with Gasteiger partial charge in [0.15, 0.2) is 6.29 Å². The van der Waals surface area contributed by atoms with Crippen LogP contribution in [0, 0.1) is 58.7 Å². The number of nitrogens with zero attached hydrogens (tertiary/aromatic N) is 1. The lowest BCUT2D eigenvalue weighted by atomic mass is 9.51. The van der Waals surface area contributed by atoms with Gasteiger partial charge in [0.1, 0.15) is 30.2 Å². The van der Waals surface area contributed by atoms with Crippen LogP contribution in [0.5, 0.6) is 0 Å². The summed E-state index contributed by atoms with van der Waals surface area (Å²) in [6, 6.07) is 0.773. The molecule has 3 aliphatic heterocycles. The zero-order chi connectivity index (χ0) is 28.8. The van der Waals surface area contributed by atoms with Crippen LogP contribution in [0.3, 0.4) is 0 Å². The lowest BCUT2D eigenvalue weighted by Gasteiger charge is -2.56. The predicted molar refractivity (Wildman–Crippen MR) is 151 cm³/mol. The van der Waals surface area contributed by atoms with E-state index in [4.69, 9.17) is 9.47 Å². The number of aliphatic hydroxyl groups is 4. The van der Waals surface area contributed by atoms with Gasteiger partial charge in [-0.3, -0.25) is 9.69 Å². The maximum Gasteiger partial charge on any atom is 0.186 e. The number of ether oxygens (including phenoxy) is 2. The maximum atomic E-state index is 13.9. The van der Waals surface area contributed by atoms with Gasteiger partial charge in [-0.25, -0.2) is 0 Å². The molecule has 0 unspecified atom stereocenters. The molecule has 7 fully saturated rings. The molecule has 0 aromatic carbocycles. The largest absolute Gasteiger partial charge is 0.394 e. The van der Waals surface area contributed by atoms with Crippen LogP contribution in [-0.4, -0.2) is 93.7 Å². The first-order valence-corrected chi connectivity index (χ1v) is 16.8. The molecule has 0 aromatic heterocycles. The molecule has 41 heavy (non-hydrogen) atoms. The molecule has 0 aromatic rings. The molecular formula is C33H53NO7. The van der Waals surface area contributed by atoms with Gasteiger partial charge in [0.2, 0.25) is 0 Å². The SMILES string of the molecule is C[C@H]1CC[C@H]2[C@H](C)[C@@H]3CC[C@@H]4[C@@H](C[C@H]5[C@H]4CC(=O)[C@H]4C[C@@H](O[C@@H]6O[C@H](CO)[C@@H](O)[C@H](O)[C@H]6O)CC[C@@]45C)[C@H]3CN2C1. The molecule has 17 atom stereocenters. The summed E-state index contributed by atoms with van der Waals surface area (Å²) in [7, 11) is 0. The highest BCUT2D eigenvalue weighted by molar-refractivity contribution is 5.83. The molecule has 8 heteroatoms. The second-order valence-corrected chi connectivity index (χ2v) is 15.8. The van der Waals surface area contributed by atoms with Crippen LogP contribution in [0.15, 0.2) is 0 Å². The summed E-state index contributed by atoms with van der Waals surface area (Å²) in [5.41, 5.74) is -0.0233. The van der Waals surface area contributed by atoms with Crippen molar-refractivity contribution in [2.75, 3.05) is 19.7 Å². The number of rotatable bonds is 3. The van der Waals surface area contributed by atoms with E-state index in [1.54, 1.807) is 0 Å². The van der Waals surface area contributed by atoms with Crippen LogP contribution in [0.2, 0.25) is 0 Å². The highest BCUT2D eigenvalue weighted by atomic mass is 16.7. The van der Waals surface area contributed by atoms with Crippen molar-refractivity contribution in [1.29, 1.82) is 0 Å². The fourth-order valence-electron chi connectivity index (χ4n) is 11.8. The molecule has 8 nitrogen and oxygen atoms in total. The topological polar surface area (TPSA) is 120 Å². The molecule has 0 amide bonds. The molecule has 3 saturated heterocycles. The Bertz CT molecular complexity index is 991. The minimum Gasteiger partial charge on any atom is -0.394 e. The second kappa shape index (κ2) is 10.8. The van der Waals surface area contributed by atoms with Gasteiger partial charge in [0.25, 0.3) is 0 Å². The van der Waals surface area contributed by atoms with Crippen molar-refractivity contribution in [3.8, 4) is 0 Å². The quantitative estimate of drug-likeness (QED) is 0.379. The number of carbonyl (C=O) groups is 1. The van der Waals surface area contributed by atoms with E-state index in [0.29, 0.717) is 36.4 Å². The van der Waals surface area contributed by atoms with Crippen molar-refractivity contribution < 1.29 is 34.7 Å². The normalized spacial score (nSPS) is 57.2.